The Morgan fingerprint density at radius 2 is 1.60 bits per heavy atom. The fourth-order valence-corrected chi connectivity index (χ4v) is 13.7. The van der Waals surface area contributed by atoms with Crippen LogP contribution in [0.3, 0.4) is 0 Å². The van der Waals surface area contributed by atoms with Crippen molar-refractivity contribution in [3.8, 4) is 0 Å². The molecule has 60 heavy (non-hydrogen) atoms. The normalized spacial score (nSPS) is 51.6. The highest BCUT2D eigenvalue weighted by Gasteiger charge is 3.07. The third-order valence-electron chi connectivity index (χ3n) is 16.8. The second-order valence-electron chi connectivity index (χ2n) is 20.0. The molecule has 8 fully saturated rings. The van der Waals surface area contributed by atoms with Crippen molar-refractivity contribution in [2.24, 2.45) is 34.0 Å². The lowest BCUT2D eigenvalue weighted by Crippen LogP contribution is -2.99. The number of carbonyl (C=O) groups is 5. The van der Waals surface area contributed by atoms with Crippen LogP contribution in [-0.2, 0) is 66.6 Å². The quantitative estimate of drug-likeness (QED) is 0.196. The monoisotopic (exact) mass is 844 g/mol. The lowest BCUT2D eigenvalue weighted by molar-refractivity contribution is -0.479. The minimum Gasteiger partial charge on any atom is -0.472 e. The predicted molar refractivity (Wildman–Crippen MR) is 198 cm³/mol. The van der Waals surface area contributed by atoms with Crippen LogP contribution in [0.1, 0.15) is 113 Å². The first-order valence-electron chi connectivity index (χ1n) is 21.0. The van der Waals surface area contributed by atoms with Gasteiger partial charge < -0.3 is 57.3 Å². The fourth-order valence-electron chi connectivity index (χ4n) is 13.7. The highest BCUT2D eigenvalue weighted by Crippen LogP contribution is 2.89. The number of epoxide rings is 1. The van der Waals surface area contributed by atoms with Crippen molar-refractivity contribution < 1.29 is 81.2 Å². The Morgan fingerprint density at radius 3 is 2.18 bits per heavy atom. The first-order valence-corrected chi connectivity index (χ1v) is 21.0. The van der Waals surface area contributed by atoms with E-state index in [0.29, 0.717) is 12.0 Å². The van der Waals surface area contributed by atoms with Gasteiger partial charge >= 0.3 is 29.8 Å². The third kappa shape index (κ3) is 4.28. The smallest absolute Gasteiger partial charge is 0.341 e. The number of hydrogen-bond donors (Lipinski definition) is 2. The van der Waals surface area contributed by atoms with E-state index in [4.69, 9.17) is 47.0 Å². The van der Waals surface area contributed by atoms with Gasteiger partial charge in [0.15, 0.2) is 28.5 Å². The number of aliphatic hydroxyl groups is 2. The van der Waals surface area contributed by atoms with Gasteiger partial charge in [0.1, 0.15) is 29.5 Å². The van der Waals surface area contributed by atoms with E-state index in [0.717, 1.165) is 0 Å². The van der Waals surface area contributed by atoms with Gasteiger partial charge in [0, 0.05) is 35.2 Å². The highest BCUT2D eigenvalue weighted by atomic mass is 17.0. The molecule has 0 aromatic carbocycles. The Kier molecular flexibility index (Phi) is 8.41. The van der Waals surface area contributed by atoms with Crippen LogP contribution in [0.4, 0.5) is 0 Å². The van der Waals surface area contributed by atoms with E-state index < -0.39 is 147 Å². The van der Waals surface area contributed by atoms with Crippen LogP contribution in [0.25, 0.3) is 0 Å². The molecule has 4 aliphatic heterocycles. The highest BCUT2D eigenvalue weighted by molar-refractivity contribution is 5.83. The number of ether oxygens (including phenoxy) is 9. The summed E-state index contributed by atoms with van der Waals surface area (Å²) in [7, 11) is 1.21. The molecule has 4 saturated heterocycles. The number of hydrogen-bond acceptors (Lipinski definition) is 17. The molecule has 0 unspecified atom stereocenters. The summed E-state index contributed by atoms with van der Waals surface area (Å²) in [6.07, 6.45) is -5.20. The maximum absolute atomic E-state index is 14.4. The van der Waals surface area contributed by atoms with E-state index in [1.165, 1.54) is 33.5 Å². The molecule has 5 heterocycles. The summed E-state index contributed by atoms with van der Waals surface area (Å²) in [4.78, 5) is 71.1. The molecular weight excluding hydrogens is 788 g/mol. The number of cyclic esters (lactones) is 1. The van der Waals surface area contributed by atoms with Gasteiger partial charge in [-0.25, -0.2) is 4.79 Å². The van der Waals surface area contributed by atoms with E-state index >= 15 is 0 Å². The molecule has 0 radical (unpaired) electrons. The van der Waals surface area contributed by atoms with Crippen molar-refractivity contribution in [3.05, 3.63) is 24.2 Å². The number of rotatable bonds is 10. The molecule has 17 nitrogen and oxygen atoms in total. The van der Waals surface area contributed by atoms with Crippen LogP contribution in [-0.4, -0.2) is 111 Å². The standard InChI is InChI=1S/C43H56O17/c1-12-21(4)30(47)53-25-16-35(7)28(23-13-14-52-18-23)54-27(45)17-40(35)43-32(55-29(46)20(2)3)41(50)31(56-33(48)36(8)22(5)57-36)34(6)19-39(41,49)37(9,24(34)15-26(44)51-11)42(25,43)59-38(10,58-40)60-43/h13-14,18,20-22,24-25,28,31-32,49-50H,12,15-17,19H2,1-11H3/t21-,22+,24+,25+,28-,31+,32-,34+,35-,36-,37+,38+,39-,40+,41-,42+,43-/m0/s1. The molecule has 4 aliphatic carbocycles. The lowest BCUT2D eigenvalue weighted by atomic mass is 9.31. The van der Waals surface area contributed by atoms with Crippen LogP contribution in [0, 0.1) is 34.0 Å². The summed E-state index contributed by atoms with van der Waals surface area (Å²) in [6, 6.07) is 1.62. The molecule has 1 aromatic heterocycles. The van der Waals surface area contributed by atoms with Gasteiger partial charge in [-0.3, -0.25) is 19.2 Å². The molecule has 8 aliphatic rings. The molecule has 2 N–H and O–H groups in total. The zero-order valence-electron chi connectivity index (χ0n) is 35.9. The SMILES string of the molecule is CC[C@H](C)C(=O)O[C@@H]1C[C@@]2(C)[C@H](c3ccoc3)OC(=O)C[C@@]23O[C@]2(C)O[C@@]14[C@]1(C)[C@H](CC(=O)OC)[C@@]5(C)C[C@@]1(O)[C@](O)([C@@H]5OC(=O)[C@@]1(C)O[C@@H]1C)[C@H](OC(=O)C(C)C)[C@]34O2. The Balaban J connectivity index is 1.41. The van der Waals surface area contributed by atoms with Gasteiger partial charge in [0.25, 0.3) is 5.97 Å². The molecule has 2 spiro atoms. The van der Waals surface area contributed by atoms with Crippen LogP contribution in [0.15, 0.2) is 23.0 Å². The zero-order valence-corrected chi connectivity index (χ0v) is 35.9. The molecule has 17 heteroatoms. The van der Waals surface area contributed by atoms with Gasteiger partial charge in [0.05, 0.1) is 44.0 Å². The van der Waals surface area contributed by atoms with E-state index in [9.17, 15) is 34.2 Å². The maximum Gasteiger partial charge on any atom is 0.341 e. The lowest BCUT2D eigenvalue weighted by Gasteiger charge is -2.79. The maximum atomic E-state index is 14.4. The van der Waals surface area contributed by atoms with Crippen molar-refractivity contribution in [3.63, 3.8) is 0 Å². The predicted octanol–water partition coefficient (Wildman–Crippen LogP) is 3.34. The summed E-state index contributed by atoms with van der Waals surface area (Å²) in [6.45, 7) is 16.5. The van der Waals surface area contributed by atoms with E-state index in [-0.39, 0.29) is 12.8 Å². The molecular formula is C43H56O17. The number of methoxy groups -OCH3 is 1. The molecule has 0 amide bonds. The van der Waals surface area contributed by atoms with Crippen LogP contribution in [0.2, 0.25) is 0 Å². The van der Waals surface area contributed by atoms with Crippen molar-refractivity contribution >= 4 is 29.8 Å². The zero-order chi connectivity index (χ0) is 43.8. The molecule has 1 aromatic rings. The Hall–Kier alpha value is -3.61. The molecule has 17 atom stereocenters. The first-order chi connectivity index (χ1) is 27.8. The fraction of sp³-hybridized carbons (Fsp3) is 0.791. The summed E-state index contributed by atoms with van der Waals surface area (Å²) < 4.78 is 63.7. The van der Waals surface area contributed by atoms with E-state index in [1.54, 1.807) is 54.5 Å². The second-order valence-corrected chi connectivity index (χ2v) is 20.0. The van der Waals surface area contributed by atoms with Crippen LogP contribution < -0.4 is 0 Å². The van der Waals surface area contributed by atoms with Gasteiger partial charge in [-0.2, -0.15) is 0 Å². The van der Waals surface area contributed by atoms with Crippen molar-refractivity contribution in [1.82, 2.24) is 0 Å². The summed E-state index contributed by atoms with van der Waals surface area (Å²) in [5, 5.41) is 28.1. The van der Waals surface area contributed by atoms with Gasteiger partial charge in [0.2, 0.25) is 0 Å². The molecule has 330 valence electrons. The number of carbonyl (C=O) groups excluding carboxylic acids is 5. The minimum atomic E-state index is -2.80. The molecule has 9 rings (SSSR count). The molecule has 4 saturated carbocycles. The number of esters is 5. The Bertz CT molecular complexity index is 2070. The summed E-state index contributed by atoms with van der Waals surface area (Å²) >= 11 is 0. The number of fused-ring (bicyclic) bond motifs is 2. The molecule has 4 bridgehead atoms. The third-order valence-corrected chi connectivity index (χ3v) is 16.8. The topological polar surface area (TPSA) is 225 Å². The largest absolute Gasteiger partial charge is 0.472 e. The Morgan fingerprint density at radius 1 is 0.933 bits per heavy atom. The Labute approximate surface area is 347 Å². The summed E-state index contributed by atoms with van der Waals surface area (Å²) in [5.41, 5.74) is -17.8. The minimum absolute atomic E-state index is 0.151. The van der Waals surface area contributed by atoms with Crippen molar-refractivity contribution in [1.29, 1.82) is 0 Å². The van der Waals surface area contributed by atoms with Gasteiger partial charge in [-0.15, -0.1) is 0 Å². The first kappa shape index (κ1) is 41.7. The average Bonchev–Trinajstić information content (AvgIpc) is 3.63. The van der Waals surface area contributed by atoms with E-state index in [1.807, 2.05) is 6.92 Å². The second kappa shape index (κ2) is 12.1. The van der Waals surface area contributed by atoms with Crippen LogP contribution in [0.5, 0.6) is 0 Å². The van der Waals surface area contributed by atoms with Crippen LogP contribution >= 0.6 is 0 Å². The van der Waals surface area contributed by atoms with Gasteiger partial charge in [-0.05, 0) is 45.1 Å². The number of furan rings is 1. The van der Waals surface area contributed by atoms with E-state index in [2.05, 4.69) is 0 Å². The average molecular weight is 845 g/mol. The summed E-state index contributed by atoms with van der Waals surface area (Å²) in [5.74, 6) is -8.52. The van der Waals surface area contributed by atoms with Crippen molar-refractivity contribution in [2.45, 2.75) is 171 Å². The van der Waals surface area contributed by atoms with Crippen molar-refractivity contribution in [2.75, 3.05) is 7.11 Å². The van der Waals surface area contributed by atoms with Gasteiger partial charge in [-0.1, -0.05) is 48.5 Å².